The van der Waals surface area contributed by atoms with E-state index in [9.17, 15) is 4.79 Å². The predicted octanol–water partition coefficient (Wildman–Crippen LogP) is 4.72. The summed E-state index contributed by atoms with van der Waals surface area (Å²) in [5.41, 5.74) is 2.00. The zero-order valence-corrected chi connectivity index (χ0v) is 13.5. The fraction of sp³-hybridized carbons (Fsp3) is 0.550. The first-order chi connectivity index (χ1) is 10.7. The average Bonchev–Trinajstić information content (AvgIpc) is 3.13. The highest BCUT2D eigenvalue weighted by Gasteiger charge is 2.47. The summed E-state index contributed by atoms with van der Waals surface area (Å²) in [5.74, 6) is 2.98. The molecule has 0 aromatic heterocycles. The second-order valence-corrected chi connectivity index (χ2v) is 6.99. The lowest BCUT2D eigenvalue weighted by molar-refractivity contribution is -0.139. The third-order valence-electron chi connectivity index (χ3n) is 5.54. The van der Waals surface area contributed by atoms with Gasteiger partial charge in [0.15, 0.2) is 0 Å². The molecule has 1 aromatic rings. The fourth-order valence-corrected chi connectivity index (χ4v) is 4.63. The van der Waals surface area contributed by atoms with Gasteiger partial charge in [0.1, 0.15) is 0 Å². The maximum atomic E-state index is 11.4. The van der Waals surface area contributed by atoms with Gasteiger partial charge in [0.05, 0.1) is 6.61 Å². The van der Waals surface area contributed by atoms with E-state index < -0.39 is 0 Å². The summed E-state index contributed by atoms with van der Waals surface area (Å²) >= 11 is 0. The van der Waals surface area contributed by atoms with Gasteiger partial charge in [-0.2, -0.15) is 0 Å². The van der Waals surface area contributed by atoms with Gasteiger partial charge in [0.2, 0.25) is 0 Å². The molecule has 4 unspecified atom stereocenters. The Morgan fingerprint density at radius 1 is 1.23 bits per heavy atom. The lowest BCUT2D eigenvalue weighted by atomic mass is 9.73. The van der Waals surface area contributed by atoms with Crippen LogP contribution in [-0.2, 0) is 9.53 Å². The molecular weight excluding hydrogens is 272 g/mol. The minimum Gasteiger partial charge on any atom is -0.462 e. The molecule has 0 heterocycles. The summed E-state index contributed by atoms with van der Waals surface area (Å²) in [6.45, 7) is 5.85. The molecular formula is C20H26O2. The van der Waals surface area contributed by atoms with Gasteiger partial charge in [-0.05, 0) is 68.3 Å². The van der Waals surface area contributed by atoms with E-state index in [1.807, 2.05) is 0 Å². The molecule has 4 atom stereocenters. The largest absolute Gasteiger partial charge is 0.462 e. The van der Waals surface area contributed by atoms with Crippen molar-refractivity contribution in [3.05, 3.63) is 48.0 Å². The van der Waals surface area contributed by atoms with E-state index in [0.717, 1.165) is 30.1 Å². The Bertz CT molecular complexity index is 534. The van der Waals surface area contributed by atoms with E-state index in [0.29, 0.717) is 12.2 Å². The van der Waals surface area contributed by atoms with Gasteiger partial charge < -0.3 is 4.74 Å². The van der Waals surface area contributed by atoms with Gasteiger partial charge in [0, 0.05) is 5.57 Å². The van der Waals surface area contributed by atoms with Crippen molar-refractivity contribution in [2.24, 2.45) is 17.8 Å². The Morgan fingerprint density at radius 2 is 1.95 bits per heavy atom. The predicted molar refractivity (Wildman–Crippen MR) is 88.5 cm³/mol. The molecule has 2 fully saturated rings. The van der Waals surface area contributed by atoms with Crippen LogP contribution in [0, 0.1) is 17.8 Å². The van der Waals surface area contributed by atoms with Crippen LogP contribution in [0.15, 0.2) is 42.5 Å². The molecule has 0 radical (unpaired) electrons. The minimum absolute atomic E-state index is 0.257. The van der Waals surface area contributed by atoms with Crippen molar-refractivity contribution in [2.45, 2.75) is 44.9 Å². The van der Waals surface area contributed by atoms with Gasteiger partial charge in [0.25, 0.3) is 0 Å². The lowest BCUT2D eigenvalue weighted by Crippen LogP contribution is -2.21. The smallest absolute Gasteiger partial charge is 0.333 e. The standard InChI is InChI=1S/C20H26O2/c1-14(2)20(21)22-12-6-9-18-16-10-11-17(13-16)19(18)15-7-4-3-5-8-15/h3-5,7-8,16-19H,1,6,9-13H2,2H3. The quantitative estimate of drug-likeness (QED) is 0.432. The third kappa shape index (κ3) is 3.11. The molecule has 22 heavy (non-hydrogen) atoms. The molecule has 0 aliphatic heterocycles. The van der Waals surface area contributed by atoms with E-state index in [-0.39, 0.29) is 5.97 Å². The highest BCUT2D eigenvalue weighted by Crippen LogP contribution is 2.57. The molecule has 2 nitrogen and oxygen atoms in total. The first-order valence-corrected chi connectivity index (χ1v) is 8.54. The molecule has 2 saturated carbocycles. The summed E-state index contributed by atoms with van der Waals surface area (Å²) in [6.07, 6.45) is 6.33. The lowest BCUT2D eigenvalue weighted by Gasteiger charge is -2.31. The van der Waals surface area contributed by atoms with Gasteiger partial charge in [-0.1, -0.05) is 36.9 Å². The first kappa shape index (κ1) is 15.3. The summed E-state index contributed by atoms with van der Waals surface area (Å²) in [5, 5.41) is 0. The summed E-state index contributed by atoms with van der Waals surface area (Å²) in [6, 6.07) is 11.0. The van der Waals surface area contributed by atoms with E-state index in [1.54, 1.807) is 6.92 Å². The van der Waals surface area contributed by atoms with Crippen molar-refractivity contribution in [3.8, 4) is 0 Å². The van der Waals surface area contributed by atoms with E-state index in [1.165, 1.54) is 31.2 Å². The Labute approximate surface area is 133 Å². The molecule has 2 heteroatoms. The summed E-state index contributed by atoms with van der Waals surface area (Å²) < 4.78 is 5.25. The van der Waals surface area contributed by atoms with Gasteiger partial charge in [-0.15, -0.1) is 0 Å². The Balaban J connectivity index is 1.57. The Hall–Kier alpha value is -1.57. The SMILES string of the molecule is C=C(C)C(=O)OCCCC1C2CCC(C2)C1c1ccccc1. The van der Waals surface area contributed by atoms with Crippen LogP contribution in [0.3, 0.4) is 0 Å². The molecule has 0 N–H and O–H groups in total. The van der Waals surface area contributed by atoms with Crippen LogP contribution in [0.4, 0.5) is 0 Å². The highest BCUT2D eigenvalue weighted by atomic mass is 16.5. The maximum absolute atomic E-state index is 11.4. The maximum Gasteiger partial charge on any atom is 0.333 e. The number of benzene rings is 1. The van der Waals surface area contributed by atoms with Crippen LogP contribution in [0.25, 0.3) is 0 Å². The van der Waals surface area contributed by atoms with Crippen LogP contribution in [0.1, 0.15) is 50.5 Å². The number of ether oxygens (including phenoxy) is 1. The van der Waals surface area contributed by atoms with Crippen LogP contribution in [-0.4, -0.2) is 12.6 Å². The molecule has 2 bridgehead atoms. The van der Waals surface area contributed by atoms with Crippen molar-refractivity contribution < 1.29 is 9.53 Å². The van der Waals surface area contributed by atoms with E-state index in [4.69, 9.17) is 4.74 Å². The van der Waals surface area contributed by atoms with Crippen molar-refractivity contribution in [1.29, 1.82) is 0 Å². The second kappa shape index (κ2) is 6.68. The van der Waals surface area contributed by atoms with Crippen LogP contribution < -0.4 is 0 Å². The monoisotopic (exact) mass is 298 g/mol. The molecule has 2 aliphatic rings. The first-order valence-electron chi connectivity index (χ1n) is 8.54. The Kier molecular flexibility index (Phi) is 4.66. The molecule has 118 valence electrons. The van der Waals surface area contributed by atoms with Gasteiger partial charge in [-0.3, -0.25) is 0 Å². The van der Waals surface area contributed by atoms with Gasteiger partial charge >= 0.3 is 5.97 Å². The number of hydrogen-bond donors (Lipinski definition) is 0. The Morgan fingerprint density at radius 3 is 2.68 bits per heavy atom. The number of hydrogen-bond acceptors (Lipinski definition) is 2. The van der Waals surface area contributed by atoms with E-state index in [2.05, 4.69) is 36.9 Å². The topological polar surface area (TPSA) is 26.3 Å². The van der Waals surface area contributed by atoms with Crippen molar-refractivity contribution in [1.82, 2.24) is 0 Å². The van der Waals surface area contributed by atoms with E-state index >= 15 is 0 Å². The molecule has 3 rings (SSSR count). The number of carbonyl (C=O) groups is 1. The normalized spacial score (nSPS) is 29.5. The van der Waals surface area contributed by atoms with Gasteiger partial charge in [-0.25, -0.2) is 4.79 Å². The van der Waals surface area contributed by atoms with Crippen LogP contribution in [0.2, 0.25) is 0 Å². The molecule has 0 saturated heterocycles. The molecule has 0 spiro atoms. The zero-order chi connectivity index (χ0) is 15.5. The van der Waals surface area contributed by atoms with Crippen molar-refractivity contribution >= 4 is 5.97 Å². The van der Waals surface area contributed by atoms with Crippen LogP contribution in [0.5, 0.6) is 0 Å². The number of fused-ring (bicyclic) bond motifs is 2. The molecule has 2 aliphatic carbocycles. The number of carbonyl (C=O) groups excluding carboxylic acids is 1. The summed E-state index contributed by atoms with van der Waals surface area (Å²) in [4.78, 5) is 11.4. The highest BCUT2D eigenvalue weighted by molar-refractivity contribution is 5.86. The zero-order valence-electron chi connectivity index (χ0n) is 13.5. The third-order valence-corrected chi connectivity index (χ3v) is 5.54. The van der Waals surface area contributed by atoms with Crippen LogP contribution >= 0.6 is 0 Å². The number of esters is 1. The van der Waals surface area contributed by atoms with Crippen molar-refractivity contribution in [2.75, 3.05) is 6.61 Å². The second-order valence-electron chi connectivity index (χ2n) is 6.99. The number of rotatable bonds is 6. The molecule has 0 amide bonds. The average molecular weight is 298 g/mol. The fourth-order valence-electron chi connectivity index (χ4n) is 4.63. The summed E-state index contributed by atoms with van der Waals surface area (Å²) in [7, 11) is 0. The molecule has 1 aromatic carbocycles. The van der Waals surface area contributed by atoms with Crippen molar-refractivity contribution in [3.63, 3.8) is 0 Å². The minimum atomic E-state index is -0.257.